The van der Waals surface area contributed by atoms with Gasteiger partial charge in [-0.1, -0.05) is 30.3 Å². The van der Waals surface area contributed by atoms with E-state index in [0.29, 0.717) is 0 Å². The first-order valence-corrected chi connectivity index (χ1v) is 6.42. The Balaban J connectivity index is 2.12. The molecule has 1 aromatic carbocycles. The highest BCUT2D eigenvalue weighted by molar-refractivity contribution is 5.87. The van der Waals surface area contributed by atoms with Gasteiger partial charge >= 0.3 is 6.03 Å². The van der Waals surface area contributed by atoms with Gasteiger partial charge in [0.1, 0.15) is 0 Å². The van der Waals surface area contributed by atoms with Crippen LogP contribution in [0.1, 0.15) is 40.2 Å². The fraction of sp³-hybridized carbons (Fsp3) is 0.533. The molecule has 1 aliphatic rings. The van der Waals surface area contributed by atoms with E-state index in [9.17, 15) is 4.79 Å². The van der Waals surface area contributed by atoms with E-state index in [1.165, 1.54) is 5.56 Å². The summed E-state index contributed by atoms with van der Waals surface area (Å²) in [5.74, 6) is 0. The molecule has 0 radical (unpaired) electrons. The van der Waals surface area contributed by atoms with Crippen molar-refractivity contribution in [3.63, 3.8) is 0 Å². The normalized spacial score (nSPS) is 16.2. The van der Waals surface area contributed by atoms with Gasteiger partial charge in [-0.2, -0.15) is 0 Å². The highest BCUT2D eigenvalue weighted by Crippen LogP contribution is 2.38. The number of carbonyl (C=O) groups excluding carboxylic acids is 1. The lowest BCUT2D eigenvalue weighted by Crippen LogP contribution is -2.40. The van der Waals surface area contributed by atoms with E-state index in [4.69, 9.17) is 0 Å². The Morgan fingerprint density at radius 2 is 1.50 bits per heavy atom. The first-order valence-electron chi connectivity index (χ1n) is 6.42. The van der Waals surface area contributed by atoms with Crippen molar-refractivity contribution in [2.24, 2.45) is 0 Å². The highest BCUT2D eigenvalue weighted by Gasteiger charge is 2.56. The second-order valence-electron chi connectivity index (χ2n) is 6.55. The Labute approximate surface area is 109 Å². The van der Waals surface area contributed by atoms with Crippen molar-refractivity contribution in [1.82, 2.24) is 10.0 Å². The minimum Gasteiger partial charge on any atom is -0.244 e. The minimum atomic E-state index is -0.175. The molecule has 0 spiro atoms. The molecule has 1 fully saturated rings. The van der Waals surface area contributed by atoms with Gasteiger partial charge in [-0.15, -0.1) is 0 Å². The van der Waals surface area contributed by atoms with Gasteiger partial charge < -0.3 is 0 Å². The van der Waals surface area contributed by atoms with Gasteiger partial charge in [-0.05, 0) is 46.6 Å². The number of hydrazine groups is 1. The van der Waals surface area contributed by atoms with Crippen LogP contribution in [0.3, 0.4) is 0 Å². The van der Waals surface area contributed by atoms with Crippen molar-refractivity contribution in [3.05, 3.63) is 35.9 Å². The lowest BCUT2D eigenvalue weighted by molar-refractivity contribution is 0.0988. The quantitative estimate of drug-likeness (QED) is 0.749. The van der Waals surface area contributed by atoms with Crippen LogP contribution in [0.15, 0.2) is 30.3 Å². The zero-order chi connectivity index (χ0) is 13.6. The van der Waals surface area contributed by atoms with Crippen molar-refractivity contribution < 1.29 is 4.79 Å². The van der Waals surface area contributed by atoms with Gasteiger partial charge in [0.2, 0.25) is 0 Å². The predicted octanol–water partition coefficient (Wildman–Crippen LogP) is 3.46. The van der Waals surface area contributed by atoms with Crippen LogP contribution in [-0.4, -0.2) is 27.1 Å². The number of carbonyl (C=O) groups is 1. The largest absolute Gasteiger partial charge is 0.358 e. The Morgan fingerprint density at radius 3 is 1.94 bits per heavy atom. The van der Waals surface area contributed by atoms with Crippen LogP contribution >= 0.6 is 0 Å². The van der Waals surface area contributed by atoms with Crippen LogP contribution in [0, 0.1) is 0 Å². The summed E-state index contributed by atoms with van der Waals surface area (Å²) in [7, 11) is 0. The molecular formula is C15H22N2O. The standard InChI is InChI=1S/C15H22N2O/c1-14(2,3)16-13(18)17(16)15(4,5)11-12-9-7-6-8-10-12/h6-10H,11H2,1-5H3. The Bertz CT molecular complexity index is 445. The molecule has 1 aromatic rings. The van der Waals surface area contributed by atoms with Gasteiger partial charge in [0.25, 0.3) is 0 Å². The second-order valence-corrected chi connectivity index (χ2v) is 6.55. The topological polar surface area (TPSA) is 23.1 Å². The van der Waals surface area contributed by atoms with E-state index in [-0.39, 0.29) is 17.1 Å². The van der Waals surface area contributed by atoms with Crippen LogP contribution < -0.4 is 0 Å². The smallest absolute Gasteiger partial charge is 0.244 e. The van der Waals surface area contributed by atoms with Crippen LogP contribution in [0.25, 0.3) is 0 Å². The maximum atomic E-state index is 12.0. The number of nitrogens with zero attached hydrogens (tertiary/aromatic N) is 2. The molecule has 0 aromatic heterocycles. The van der Waals surface area contributed by atoms with Gasteiger partial charge in [0.05, 0.1) is 11.1 Å². The van der Waals surface area contributed by atoms with Crippen LogP contribution in [0.4, 0.5) is 4.79 Å². The van der Waals surface area contributed by atoms with E-state index in [1.807, 2.05) is 28.2 Å². The molecule has 18 heavy (non-hydrogen) atoms. The molecule has 1 aliphatic heterocycles. The summed E-state index contributed by atoms with van der Waals surface area (Å²) in [5.41, 5.74) is 0.951. The molecule has 3 heteroatoms. The molecule has 1 saturated heterocycles. The molecule has 2 rings (SSSR count). The molecule has 0 atom stereocenters. The van der Waals surface area contributed by atoms with Crippen molar-refractivity contribution >= 4 is 6.03 Å². The maximum absolute atomic E-state index is 12.0. The van der Waals surface area contributed by atoms with Crippen LogP contribution in [0.2, 0.25) is 0 Å². The van der Waals surface area contributed by atoms with Crippen molar-refractivity contribution in [1.29, 1.82) is 0 Å². The first kappa shape index (κ1) is 12.9. The third-order valence-electron chi connectivity index (χ3n) is 3.21. The van der Waals surface area contributed by atoms with E-state index < -0.39 is 0 Å². The summed E-state index contributed by atoms with van der Waals surface area (Å²) in [6.45, 7) is 10.4. The number of hydrogen-bond acceptors (Lipinski definition) is 1. The summed E-state index contributed by atoms with van der Waals surface area (Å²) >= 11 is 0. The van der Waals surface area contributed by atoms with Crippen molar-refractivity contribution in [2.75, 3.05) is 0 Å². The molecular weight excluding hydrogens is 224 g/mol. The van der Waals surface area contributed by atoms with Crippen molar-refractivity contribution in [2.45, 2.75) is 52.1 Å². The predicted molar refractivity (Wildman–Crippen MR) is 73.1 cm³/mol. The minimum absolute atomic E-state index is 0.128. The maximum Gasteiger partial charge on any atom is 0.358 e. The Hall–Kier alpha value is -1.51. The molecule has 0 bridgehead atoms. The number of benzene rings is 1. The monoisotopic (exact) mass is 246 g/mol. The zero-order valence-electron chi connectivity index (χ0n) is 11.9. The van der Waals surface area contributed by atoms with Gasteiger partial charge in [0, 0.05) is 0 Å². The summed E-state index contributed by atoms with van der Waals surface area (Å²) in [4.78, 5) is 12.0. The molecule has 0 saturated carbocycles. The molecule has 3 nitrogen and oxygen atoms in total. The number of urea groups is 1. The van der Waals surface area contributed by atoms with Crippen LogP contribution in [0.5, 0.6) is 0 Å². The van der Waals surface area contributed by atoms with Gasteiger partial charge in [0.15, 0.2) is 0 Å². The van der Waals surface area contributed by atoms with E-state index in [0.717, 1.165) is 6.42 Å². The number of rotatable bonds is 3. The van der Waals surface area contributed by atoms with E-state index >= 15 is 0 Å². The fourth-order valence-electron chi connectivity index (χ4n) is 2.42. The average Bonchev–Trinajstić information content (AvgIpc) is 2.91. The second kappa shape index (κ2) is 4.01. The summed E-state index contributed by atoms with van der Waals surface area (Å²) in [5, 5.41) is 3.72. The summed E-state index contributed by atoms with van der Waals surface area (Å²) in [6, 6.07) is 10.4. The van der Waals surface area contributed by atoms with Gasteiger partial charge in [-0.25, -0.2) is 14.8 Å². The van der Waals surface area contributed by atoms with E-state index in [1.54, 1.807) is 0 Å². The van der Waals surface area contributed by atoms with Crippen LogP contribution in [-0.2, 0) is 6.42 Å². The molecule has 0 N–H and O–H groups in total. The Kier molecular flexibility index (Phi) is 2.88. The molecule has 2 amide bonds. The molecule has 1 heterocycles. The van der Waals surface area contributed by atoms with Gasteiger partial charge in [-0.3, -0.25) is 0 Å². The van der Waals surface area contributed by atoms with E-state index in [2.05, 4.69) is 46.8 Å². The number of amides is 2. The zero-order valence-corrected chi connectivity index (χ0v) is 11.9. The Morgan fingerprint density at radius 1 is 0.944 bits per heavy atom. The summed E-state index contributed by atoms with van der Waals surface area (Å²) in [6.07, 6.45) is 0.867. The SMILES string of the molecule is CC(C)(C)N1C(=O)N1C(C)(C)Cc1ccccc1. The first-order chi connectivity index (χ1) is 8.23. The molecule has 98 valence electrons. The third kappa shape index (κ3) is 2.35. The number of hydrogen-bond donors (Lipinski definition) is 0. The summed E-state index contributed by atoms with van der Waals surface area (Å²) < 4.78 is 0. The lowest BCUT2D eigenvalue weighted by Gasteiger charge is -2.30. The molecule has 0 unspecified atom stereocenters. The average molecular weight is 246 g/mol. The molecule has 0 aliphatic carbocycles. The van der Waals surface area contributed by atoms with Crippen molar-refractivity contribution in [3.8, 4) is 0 Å². The third-order valence-corrected chi connectivity index (χ3v) is 3.21. The fourth-order valence-corrected chi connectivity index (χ4v) is 2.42. The highest BCUT2D eigenvalue weighted by atomic mass is 16.2. The lowest BCUT2D eigenvalue weighted by atomic mass is 9.95.